The van der Waals surface area contributed by atoms with Crippen molar-refractivity contribution in [2.75, 3.05) is 5.73 Å². The van der Waals surface area contributed by atoms with Gasteiger partial charge in [-0.1, -0.05) is 19.1 Å². The molecule has 2 heterocycles. The van der Waals surface area contributed by atoms with Crippen LogP contribution in [0.3, 0.4) is 0 Å². The molecule has 3 rings (SSSR count). The molecule has 0 unspecified atom stereocenters. The predicted octanol–water partition coefficient (Wildman–Crippen LogP) is 1.21. The van der Waals surface area contributed by atoms with E-state index in [0.29, 0.717) is 11.5 Å². The van der Waals surface area contributed by atoms with Crippen LogP contribution in [-0.2, 0) is 13.5 Å². The SMILES string of the molecule is CCc1nn(C)cc1-n1nnnc1-c1cccc(N)c1. The lowest BCUT2D eigenvalue weighted by Crippen LogP contribution is -2.02. The lowest BCUT2D eigenvalue weighted by atomic mass is 10.2. The fraction of sp³-hybridized carbons (Fsp3) is 0.231. The van der Waals surface area contributed by atoms with Gasteiger partial charge in [0.2, 0.25) is 0 Å². The van der Waals surface area contributed by atoms with E-state index in [4.69, 9.17) is 5.73 Å². The zero-order valence-corrected chi connectivity index (χ0v) is 11.4. The Morgan fingerprint density at radius 1 is 1.30 bits per heavy atom. The predicted molar refractivity (Wildman–Crippen MR) is 75.1 cm³/mol. The number of aryl methyl sites for hydroxylation is 2. The van der Waals surface area contributed by atoms with Crippen LogP contribution in [0.25, 0.3) is 17.1 Å². The van der Waals surface area contributed by atoms with Gasteiger partial charge in [-0.2, -0.15) is 9.78 Å². The molecule has 0 aliphatic carbocycles. The fourth-order valence-electron chi connectivity index (χ4n) is 2.16. The van der Waals surface area contributed by atoms with E-state index in [1.54, 1.807) is 9.36 Å². The maximum absolute atomic E-state index is 5.82. The van der Waals surface area contributed by atoms with Crippen LogP contribution in [0.15, 0.2) is 30.5 Å². The number of nitrogens with zero attached hydrogens (tertiary/aromatic N) is 6. The molecule has 2 aromatic heterocycles. The van der Waals surface area contributed by atoms with Gasteiger partial charge in [0.15, 0.2) is 5.82 Å². The van der Waals surface area contributed by atoms with E-state index in [9.17, 15) is 0 Å². The Balaban J connectivity index is 2.15. The highest BCUT2D eigenvalue weighted by Gasteiger charge is 2.15. The topological polar surface area (TPSA) is 87.4 Å². The third-order valence-corrected chi connectivity index (χ3v) is 3.06. The first-order valence-electron chi connectivity index (χ1n) is 6.36. The lowest BCUT2D eigenvalue weighted by molar-refractivity contribution is 0.746. The zero-order valence-electron chi connectivity index (χ0n) is 11.4. The molecule has 20 heavy (non-hydrogen) atoms. The summed E-state index contributed by atoms with van der Waals surface area (Å²) in [4.78, 5) is 0. The molecule has 0 spiro atoms. The molecular weight excluding hydrogens is 254 g/mol. The largest absolute Gasteiger partial charge is 0.399 e. The van der Waals surface area contributed by atoms with Crippen LogP contribution in [0.4, 0.5) is 5.69 Å². The van der Waals surface area contributed by atoms with Crippen LogP contribution in [0.2, 0.25) is 0 Å². The van der Waals surface area contributed by atoms with Gasteiger partial charge in [0.25, 0.3) is 0 Å². The summed E-state index contributed by atoms with van der Waals surface area (Å²) in [6.45, 7) is 2.05. The van der Waals surface area contributed by atoms with Crippen LogP contribution in [0.5, 0.6) is 0 Å². The number of benzene rings is 1. The Morgan fingerprint density at radius 2 is 2.15 bits per heavy atom. The van der Waals surface area contributed by atoms with Gasteiger partial charge < -0.3 is 5.73 Å². The van der Waals surface area contributed by atoms with Crippen molar-refractivity contribution >= 4 is 5.69 Å². The molecule has 102 valence electrons. The molecule has 0 bridgehead atoms. The monoisotopic (exact) mass is 269 g/mol. The van der Waals surface area contributed by atoms with Crippen LogP contribution < -0.4 is 5.73 Å². The number of hydrogen-bond acceptors (Lipinski definition) is 5. The van der Waals surface area contributed by atoms with Gasteiger partial charge in [0, 0.05) is 18.3 Å². The highest BCUT2D eigenvalue weighted by molar-refractivity contribution is 5.62. The molecule has 0 amide bonds. The Bertz CT molecular complexity index is 741. The first kappa shape index (κ1) is 12.3. The van der Waals surface area contributed by atoms with Crippen LogP contribution in [0, 0.1) is 0 Å². The maximum atomic E-state index is 5.82. The third-order valence-electron chi connectivity index (χ3n) is 3.06. The maximum Gasteiger partial charge on any atom is 0.187 e. The van der Waals surface area contributed by atoms with E-state index in [0.717, 1.165) is 23.4 Å². The highest BCUT2D eigenvalue weighted by Crippen LogP contribution is 2.22. The summed E-state index contributed by atoms with van der Waals surface area (Å²) in [5.41, 5.74) is 9.21. The number of aromatic nitrogens is 6. The quantitative estimate of drug-likeness (QED) is 0.722. The van der Waals surface area contributed by atoms with Gasteiger partial charge in [0.05, 0.1) is 11.9 Å². The number of rotatable bonds is 3. The van der Waals surface area contributed by atoms with Crippen molar-refractivity contribution in [3.05, 3.63) is 36.2 Å². The van der Waals surface area contributed by atoms with Gasteiger partial charge in [-0.15, -0.1) is 5.10 Å². The van der Waals surface area contributed by atoms with Crippen molar-refractivity contribution in [1.82, 2.24) is 30.0 Å². The molecule has 0 fully saturated rings. The minimum absolute atomic E-state index is 0.653. The highest BCUT2D eigenvalue weighted by atomic mass is 15.5. The van der Waals surface area contributed by atoms with Gasteiger partial charge in [-0.25, -0.2) is 0 Å². The second-order valence-electron chi connectivity index (χ2n) is 4.53. The summed E-state index contributed by atoms with van der Waals surface area (Å²) in [6, 6.07) is 7.50. The smallest absolute Gasteiger partial charge is 0.187 e. The molecule has 0 saturated heterocycles. The first-order valence-corrected chi connectivity index (χ1v) is 6.36. The Hall–Kier alpha value is -2.70. The second kappa shape index (κ2) is 4.76. The van der Waals surface area contributed by atoms with Crippen molar-refractivity contribution < 1.29 is 0 Å². The summed E-state index contributed by atoms with van der Waals surface area (Å²) < 4.78 is 3.46. The molecule has 0 radical (unpaired) electrons. The van der Waals surface area contributed by atoms with Gasteiger partial charge >= 0.3 is 0 Å². The minimum atomic E-state index is 0.653. The molecule has 2 N–H and O–H groups in total. The van der Waals surface area contributed by atoms with Crippen LogP contribution in [-0.4, -0.2) is 30.0 Å². The van der Waals surface area contributed by atoms with Crippen molar-refractivity contribution in [2.45, 2.75) is 13.3 Å². The van der Waals surface area contributed by atoms with Crippen molar-refractivity contribution in [2.24, 2.45) is 7.05 Å². The van der Waals surface area contributed by atoms with Gasteiger partial charge in [-0.05, 0) is 29.0 Å². The Labute approximate surface area is 116 Å². The zero-order chi connectivity index (χ0) is 14.1. The third kappa shape index (κ3) is 2.03. The van der Waals surface area contributed by atoms with E-state index in [-0.39, 0.29) is 0 Å². The molecule has 7 nitrogen and oxygen atoms in total. The summed E-state index contributed by atoms with van der Waals surface area (Å²) in [5, 5.41) is 16.4. The van der Waals surface area contributed by atoms with Gasteiger partial charge in [0.1, 0.15) is 5.69 Å². The molecule has 0 atom stereocenters. The summed E-state index contributed by atoms with van der Waals surface area (Å²) in [6.07, 6.45) is 2.72. The van der Waals surface area contributed by atoms with E-state index < -0.39 is 0 Å². The second-order valence-corrected chi connectivity index (χ2v) is 4.53. The number of anilines is 1. The standard InChI is InChI=1S/C13H15N7/c1-3-11-12(8-19(2)16-11)20-13(15-17-18-20)9-5-4-6-10(14)7-9/h4-8H,3,14H2,1-2H3. The minimum Gasteiger partial charge on any atom is -0.399 e. The molecule has 1 aromatic carbocycles. The number of nitrogen functional groups attached to an aromatic ring is 1. The lowest BCUT2D eigenvalue weighted by Gasteiger charge is -2.04. The Kier molecular flexibility index (Phi) is 2.94. The van der Waals surface area contributed by atoms with E-state index >= 15 is 0 Å². The normalized spacial score (nSPS) is 10.9. The molecule has 3 aromatic rings. The number of hydrogen-bond donors (Lipinski definition) is 1. The average Bonchev–Trinajstić information content (AvgIpc) is 3.04. The molecule has 7 heteroatoms. The van der Waals surface area contributed by atoms with Crippen LogP contribution in [0.1, 0.15) is 12.6 Å². The van der Waals surface area contributed by atoms with Crippen molar-refractivity contribution in [3.8, 4) is 17.1 Å². The molecule has 0 aliphatic heterocycles. The molecular formula is C13H15N7. The fourth-order valence-corrected chi connectivity index (χ4v) is 2.16. The van der Waals surface area contributed by atoms with Crippen molar-refractivity contribution in [3.63, 3.8) is 0 Å². The summed E-state index contributed by atoms with van der Waals surface area (Å²) in [7, 11) is 1.88. The summed E-state index contributed by atoms with van der Waals surface area (Å²) >= 11 is 0. The summed E-state index contributed by atoms with van der Waals surface area (Å²) in [5.74, 6) is 0.653. The molecule has 0 saturated carbocycles. The molecule has 0 aliphatic rings. The Morgan fingerprint density at radius 3 is 2.90 bits per heavy atom. The average molecular weight is 269 g/mol. The van der Waals surface area contributed by atoms with E-state index in [1.807, 2.05) is 37.5 Å². The number of nitrogens with two attached hydrogens (primary N) is 1. The number of tetrazole rings is 1. The van der Waals surface area contributed by atoms with Crippen LogP contribution >= 0.6 is 0 Å². The van der Waals surface area contributed by atoms with E-state index in [2.05, 4.69) is 27.5 Å². The van der Waals surface area contributed by atoms with E-state index in [1.165, 1.54) is 0 Å². The van der Waals surface area contributed by atoms with Gasteiger partial charge in [-0.3, -0.25) is 4.68 Å². The first-order chi connectivity index (χ1) is 9.69. The van der Waals surface area contributed by atoms with Crippen molar-refractivity contribution in [1.29, 1.82) is 0 Å².